The van der Waals surface area contributed by atoms with Gasteiger partial charge in [-0.25, -0.2) is 0 Å². The Morgan fingerprint density at radius 1 is 1.02 bits per heavy atom. The van der Waals surface area contributed by atoms with E-state index in [0.717, 1.165) is 25.7 Å². The van der Waals surface area contributed by atoms with Crippen molar-refractivity contribution < 1.29 is 43.2 Å². The van der Waals surface area contributed by atoms with E-state index in [1.54, 1.807) is 49.5 Å². The first kappa shape index (κ1) is 40.1. The van der Waals surface area contributed by atoms with Gasteiger partial charge in [0.2, 0.25) is 0 Å². The van der Waals surface area contributed by atoms with Crippen LogP contribution in [0.5, 0.6) is 11.5 Å². The van der Waals surface area contributed by atoms with Crippen LogP contribution in [-0.4, -0.2) is 83.8 Å². The Bertz CT molecular complexity index is 1470. The number of hydrogen-bond donors (Lipinski definition) is 1. The lowest BCUT2D eigenvalue weighted by atomic mass is 9.79. The molecule has 51 heavy (non-hydrogen) atoms. The van der Waals surface area contributed by atoms with Crippen molar-refractivity contribution in [3.05, 3.63) is 48.3 Å². The summed E-state index contributed by atoms with van der Waals surface area (Å²) in [6.45, 7) is 7.54. The van der Waals surface area contributed by atoms with Crippen molar-refractivity contribution in [2.24, 2.45) is 23.7 Å². The Hall–Kier alpha value is -3.64. The second-order valence-electron chi connectivity index (χ2n) is 13.9. The number of cyclic esters (lactones) is 1. The number of amides is 1. The van der Waals surface area contributed by atoms with Crippen LogP contribution >= 0.6 is 11.8 Å². The number of carbonyl (C=O) groups excluding carboxylic acids is 4. The van der Waals surface area contributed by atoms with Crippen LogP contribution in [0.3, 0.4) is 0 Å². The number of ether oxygens (including phenoxy) is 4. The van der Waals surface area contributed by atoms with E-state index in [0.29, 0.717) is 54.2 Å². The third-order valence-electron chi connectivity index (χ3n) is 10.2. The number of esters is 2. The number of pyridine rings is 1. The second-order valence-corrected chi connectivity index (χ2v) is 15.1. The molecule has 0 radical (unpaired) electrons. The minimum atomic E-state index is -0.684. The van der Waals surface area contributed by atoms with E-state index in [2.05, 4.69) is 4.98 Å². The lowest BCUT2D eigenvalue weighted by molar-refractivity contribution is -0.145. The number of methoxy groups -OCH3 is 2. The first-order chi connectivity index (χ1) is 24.4. The van der Waals surface area contributed by atoms with Crippen molar-refractivity contribution in [1.29, 1.82) is 0 Å². The van der Waals surface area contributed by atoms with Gasteiger partial charge in [0.05, 0.1) is 32.3 Å². The number of carbonyl (C=O) groups is 4. The molecule has 11 nitrogen and oxygen atoms in total. The molecule has 1 aromatic carbocycles. The summed E-state index contributed by atoms with van der Waals surface area (Å²) in [6.07, 6.45) is 8.29. The number of Topliss-reactive ketones (excluding diaryl/α,β-unsaturated/α-hetero) is 1. The van der Waals surface area contributed by atoms with Gasteiger partial charge in [0.1, 0.15) is 17.1 Å². The first-order valence-electron chi connectivity index (χ1n) is 18.1. The van der Waals surface area contributed by atoms with E-state index in [9.17, 15) is 24.3 Å². The molecule has 1 aliphatic heterocycles. The van der Waals surface area contributed by atoms with Crippen molar-refractivity contribution >= 4 is 41.1 Å². The van der Waals surface area contributed by atoms with E-state index in [1.807, 2.05) is 32.9 Å². The van der Waals surface area contributed by atoms with E-state index in [-0.39, 0.29) is 48.1 Å². The molecule has 1 aromatic heterocycles. The van der Waals surface area contributed by atoms with Gasteiger partial charge in [-0.15, -0.1) is 11.8 Å². The third-order valence-corrected chi connectivity index (χ3v) is 11.5. The van der Waals surface area contributed by atoms with Crippen LogP contribution in [0.1, 0.15) is 89.4 Å². The van der Waals surface area contributed by atoms with Gasteiger partial charge in [-0.1, -0.05) is 27.2 Å². The molecule has 1 amide bonds. The Kier molecular flexibility index (Phi) is 15.2. The maximum atomic E-state index is 13.9. The molecule has 1 aliphatic carbocycles. The molecule has 4 rings (SSSR count). The second kappa shape index (κ2) is 19.3. The highest BCUT2D eigenvalue weighted by atomic mass is 32.2. The number of thioether (sulfide) groups is 1. The smallest absolute Gasteiger partial charge is 0.319 e. The molecule has 7 atom stereocenters. The van der Waals surface area contributed by atoms with Gasteiger partial charge in [0.25, 0.3) is 5.91 Å². The van der Waals surface area contributed by atoms with Crippen LogP contribution in [0, 0.1) is 23.7 Å². The van der Waals surface area contributed by atoms with Gasteiger partial charge in [0, 0.05) is 59.8 Å². The number of aliphatic hydroxyl groups excluding tert-OH is 1. The highest BCUT2D eigenvalue weighted by molar-refractivity contribution is 8.00. The van der Waals surface area contributed by atoms with Crippen molar-refractivity contribution in [1.82, 2.24) is 4.98 Å². The van der Waals surface area contributed by atoms with Crippen molar-refractivity contribution in [3.63, 3.8) is 0 Å². The monoisotopic (exact) mass is 726 g/mol. The minimum Gasteiger partial charge on any atom is -0.493 e. The summed E-state index contributed by atoms with van der Waals surface area (Å²) in [5, 5.41) is 10.1. The Morgan fingerprint density at radius 3 is 2.39 bits per heavy atom. The standard InChI is InChI=1S/C39H54N2O9S/c1-24(38(45)48-6)10-9-11-30(42)22-25(2)35(43)26(3)34-27(4)49-39(46)36(34)51-21-20-41(37(44)28-16-18-40-19-17-28)29-14-15-32(47-5)33(23-29)50-31-12-7-8-13-31/h14-19,23-27,30-31,34,36,42H,7-13,20-22H2,1-6H3/t24?,25-,26?,27+,30?,34?,36?/m1/s1. The van der Waals surface area contributed by atoms with Gasteiger partial charge in [-0.3, -0.25) is 24.2 Å². The fraction of sp³-hybridized carbons (Fsp3) is 0.615. The van der Waals surface area contributed by atoms with Crippen LogP contribution in [0.15, 0.2) is 42.7 Å². The average molecular weight is 727 g/mol. The molecule has 1 N–H and O–H groups in total. The number of benzene rings is 1. The first-order valence-corrected chi connectivity index (χ1v) is 19.2. The molecule has 2 aromatic rings. The zero-order valence-electron chi connectivity index (χ0n) is 30.7. The zero-order chi connectivity index (χ0) is 37.1. The number of ketones is 1. The summed E-state index contributed by atoms with van der Waals surface area (Å²) in [6, 6.07) is 8.81. The summed E-state index contributed by atoms with van der Waals surface area (Å²) < 4.78 is 22.4. The van der Waals surface area contributed by atoms with Crippen molar-refractivity contribution in [2.75, 3.05) is 31.4 Å². The van der Waals surface area contributed by atoms with E-state index >= 15 is 0 Å². The number of anilines is 1. The van der Waals surface area contributed by atoms with Crippen LogP contribution in [-0.2, 0) is 23.9 Å². The number of aliphatic hydroxyl groups is 1. The predicted octanol–water partition coefficient (Wildman–Crippen LogP) is 6.29. The number of aromatic nitrogens is 1. The van der Waals surface area contributed by atoms with Crippen molar-refractivity contribution in [3.8, 4) is 11.5 Å². The van der Waals surface area contributed by atoms with Crippen LogP contribution in [0.25, 0.3) is 0 Å². The summed E-state index contributed by atoms with van der Waals surface area (Å²) in [7, 11) is 2.95. The number of nitrogens with zero attached hydrogens (tertiary/aromatic N) is 2. The fourth-order valence-corrected chi connectivity index (χ4v) is 8.63. The van der Waals surface area contributed by atoms with Gasteiger partial charge < -0.3 is 29.0 Å². The molecule has 0 bridgehead atoms. The van der Waals surface area contributed by atoms with E-state index < -0.39 is 29.3 Å². The van der Waals surface area contributed by atoms with E-state index in [1.165, 1.54) is 18.9 Å². The van der Waals surface area contributed by atoms with Crippen LogP contribution < -0.4 is 14.4 Å². The minimum absolute atomic E-state index is 0.0276. The van der Waals surface area contributed by atoms with Gasteiger partial charge in [-0.05, 0) is 76.1 Å². The molecule has 2 aliphatic rings. The average Bonchev–Trinajstić information content (AvgIpc) is 3.75. The molecule has 280 valence electrons. The summed E-state index contributed by atoms with van der Waals surface area (Å²) >= 11 is 1.39. The predicted molar refractivity (Wildman–Crippen MR) is 196 cm³/mol. The Labute approximate surface area is 306 Å². The summed E-state index contributed by atoms with van der Waals surface area (Å²) in [5.74, 6) is -0.837. The van der Waals surface area contributed by atoms with E-state index in [4.69, 9.17) is 18.9 Å². The maximum Gasteiger partial charge on any atom is 0.319 e. The fourth-order valence-electron chi connectivity index (χ4n) is 7.22. The summed E-state index contributed by atoms with van der Waals surface area (Å²) in [4.78, 5) is 58.1. The normalized spacial score (nSPS) is 21.3. The van der Waals surface area contributed by atoms with Gasteiger partial charge in [-0.2, -0.15) is 0 Å². The summed E-state index contributed by atoms with van der Waals surface area (Å²) in [5.41, 5.74) is 1.12. The Balaban J connectivity index is 1.43. The van der Waals surface area contributed by atoms with Crippen molar-refractivity contribution in [2.45, 2.75) is 103 Å². The molecule has 5 unspecified atom stereocenters. The lowest BCUT2D eigenvalue weighted by Crippen LogP contribution is -2.37. The quantitative estimate of drug-likeness (QED) is 0.163. The SMILES string of the molecule is COC(=O)C(C)CCCC(O)C[C@@H](C)C(=O)C(C)C1C(SCCN(C(=O)c2ccncc2)c2ccc(OC)c(OC3CCCC3)c2)C(=O)O[C@H]1C. The largest absolute Gasteiger partial charge is 0.493 e. The van der Waals surface area contributed by atoms with Crippen LogP contribution in [0.4, 0.5) is 5.69 Å². The van der Waals surface area contributed by atoms with Crippen LogP contribution in [0.2, 0.25) is 0 Å². The van der Waals surface area contributed by atoms with Gasteiger partial charge >= 0.3 is 11.9 Å². The molecule has 12 heteroatoms. The number of rotatable bonds is 19. The Morgan fingerprint density at radius 2 is 1.73 bits per heavy atom. The topological polar surface area (TPSA) is 142 Å². The lowest BCUT2D eigenvalue weighted by Gasteiger charge is -2.28. The maximum absolute atomic E-state index is 13.9. The molecule has 1 saturated carbocycles. The zero-order valence-corrected chi connectivity index (χ0v) is 31.6. The van der Waals surface area contributed by atoms with Gasteiger partial charge in [0.15, 0.2) is 11.5 Å². The molecular formula is C39H54N2O9S. The highest BCUT2D eigenvalue weighted by Gasteiger charge is 2.48. The highest BCUT2D eigenvalue weighted by Crippen LogP contribution is 2.40. The molecular weight excluding hydrogens is 673 g/mol. The molecule has 1 saturated heterocycles. The third kappa shape index (κ3) is 10.7. The molecule has 2 heterocycles. The molecule has 0 spiro atoms. The number of hydrogen-bond acceptors (Lipinski definition) is 11. The molecule has 2 fully saturated rings.